The van der Waals surface area contributed by atoms with Gasteiger partial charge in [0.2, 0.25) is 0 Å². The maximum atomic E-state index is 12.7. The topological polar surface area (TPSA) is 29.3 Å². The first-order valence-corrected chi connectivity index (χ1v) is 5.46. The first kappa shape index (κ1) is 12.8. The van der Waals surface area contributed by atoms with E-state index in [1.165, 1.54) is 4.90 Å². The minimum atomic E-state index is -4.14. The van der Waals surface area contributed by atoms with Crippen LogP contribution in [0.3, 0.4) is 0 Å². The fraction of sp³-hybridized carbons (Fsp3) is 1.00. The molecule has 0 aromatic carbocycles. The summed E-state index contributed by atoms with van der Waals surface area (Å²) in [5.41, 5.74) is 5.23. The third-order valence-corrected chi connectivity index (χ3v) is 3.08. The molecule has 0 spiro atoms. The maximum Gasteiger partial charge on any atom is 0.404 e. The summed E-state index contributed by atoms with van der Waals surface area (Å²) in [6.07, 6.45) is -2.41. The van der Waals surface area contributed by atoms with Gasteiger partial charge in [-0.2, -0.15) is 13.2 Å². The van der Waals surface area contributed by atoms with E-state index in [1.807, 2.05) is 0 Å². The molecule has 1 heterocycles. The molecule has 90 valence electrons. The quantitative estimate of drug-likeness (QED) is 0.794. The third kappa shape index (κ3) is 3.65. The molecule has 2 nitrogen and oxygen atoms in total. The molecule has 5 heteroatoms. The number of likely N-dealkylation sites (tertiary alicyclic amines) is 1. The monoisotopic (exact) mass is 224 g/mol. The SMILES string of the molecule is CC1CCN(C(CCN)C(F)(F)F)CC1. The van der Waals surface area contributed by atoms with Crippen LogP contribution in [-0.4, -0.2) is 36.8 Å². The highest BCUT2D eigenvalue weighted by molar-refractivity contribution is 4.82. The molecule has 0 amide bonds. The van der Waals surface area contributed by atoms with Crippen LogP contribution in [0.15, 0.2) is 0 Å². The Kier molecular flexibility index (Phi) is 4.40. The van der Waals surface area contributed by atoms with Gasteiger partial charge in [0.15, 0.2) is 0 Å². The highest BCUT2D eigenvalue weighted by Crippen LogP contribution is 2.30. The molecule has 1 fully saturated rings. The van der Waals surface area contributed by atoms with Crippen molar-refractivity contribution in [2.75, 3.05) is 19.6 Å². The van der Waals surface area contributed by atoms with Crippen molar-refractivity contribution in [3.05, 3.63) is 0 Å². The van der Waals surface area contributed by atoms with E-state index in [0.29, 0.717) is 19.0 Å². The number of nitrogens with two attached hydrogens (primary N) is 1. The Morgan fingerprint density at radius 2 is 1.87 bits per heavy atom. The average molecular weight is 224 g/mol. The number of hydrogen-bond donors (Lipinski definition) is 1. The van der Waals surface area contributed by atoms with Crippen LogP contribution in [0.5, 0.6) is 0 Å². The molecule has 0 aliphatic carbocycles. The summed E-state index contributed by atoms with van der Waals surface area (Å²) >= 11 is 0. The van der Waals surface area contributed by atoms with Gasteiger partial charge < -0.3 is 5.73 Å². The van der Waals surface area contributed by atoms with Crippen LogP contribution < -0.4 is 5.73 Å². The second kappa shape index (κ2) is 5.16. The normalized spacial score (nSPS) is 23.0. The van der Waals surface area contributed by atoms with Gasteiger partial charge in [-0.25, -0.2) is 0 Å². The lowest BCUT2D eigenvalue weighted by Gasteiger charge is -2.37. The molecule has 0 aromatic rings. The van der Waals surface area contributed by atoms with Crippen molar-refractivity contribution in [1.29, 1.82) is 0 Å². The third-order valence-electron chi connectivity index (χ3n) is 3.08. The first-order valence-electron chi connectivity index (χ1n) is 5.46. The Hall–Kier alpha value is -0.290. The average Bonchev–Trinajstić information content (AvgIpc) is 2.14. The van der Waals surface area contributed by atoms with E-state index in [2.05, 4.69) is 6.92 Å². The molecular weight excluding hydrogens is 205 g/mol. The van der Waals surface area contributed by atoms with Gasteiger partial charge in [0.1, 0.15) is 6.04 Å². The van der Waals surface area contributed by atoms with Crippen molar-refractivity contribution in [1.82, 2.24) is 4.90 Å². The van der Waals surface area contributed by atoms with Gasteiger partial charge in [-0.05, 0) is 44.8 Å². The van der Waals surface area contributed by atoms with Crippen LogP contribution in [0, 0.1) is 5.92 Å². The van der Waals surface area contributed by atoms with Crippen LogP contribution in [0.2, 0.25) is 0 Å². The minimum Gasteiger partial charge on any atom is -0.330 e. The summed E-state index contributed by atoms with van der Waals surface area (Å²) in [5.74, 6) is 0.549. The Labute approximate surface area is 88.6 Å². The van der Waals surface area contributed by atoms with Crippen LogP contribution in [-0.2, 0) is 0 Å². The Bertz CT molecular complexity index is 186. The van der Waals surface area contributed by atoms with Crippen molar-refractivity contribution in [2.45, 2.75) is 38.4 Å². The van der Waals surface area contributed by atoms with Crippen LogP contribution in [0.25, 0.3) is 0 Å². The minimum absolute atomic E-state index is 0.0118. The summed E-state index contributed by atoms with van der Waals surface area (Å²) in [4.78, 5) is 1.53. The second-order valence-electron chi connectivity index (χ2n) is 4.35. The van der Waals surface area contributed by atoms with Crippen LogP contribution in [0.4, 0.5) is 13.2 Å². The molecule has 2 N–H and O–H groups in total. The molecule has 0 bridgehead atoms. The van der Waals surface area contributed by atoms with Crippen molar-refractivity contribution in [3.8, 4) is 0 Å². The van der Waals surface area contributed by atoms with Crippen molar-refractivity contribution in [3.63, 3.8) is 0 Å². The van der Waals surface area contributed by atoms with E-state index in [9.17, 15) is 13.2 Å². The fourth-order valence-corrected chi connectivity index (χ4v) is 2.05. The standard InChI is InChI=1S/C10H19F3N2/c1-8-3-6-15(7-4-8)9(2-5-14)10(11,12)13/h8-9H,2-7,14H2,1H3. The molecule has 1 unspecified atom stereocenters. The number of hydrogen-bond acceptors (Lipinski definition) is 2. The van der Waals surface area contributed by atoms with Gasteiger partial charge in [-0.3, -0.25) is 4.90 Å². The molecule has 0 aromatic heterocycles. The smallest absolute Gasteiger partial charge is 0.330 e. The predicted octanol–water partition coefficient (Wildman–Crippen LogP) is 2.00. The van der Waals surface area contributed by atoms with Gasteiger partial charge in [-0.15, -0.1) is 0 Å². The van der Waals surface area contributed by atoms with Gasteiger partial charge >= 0.3 is 6.18 Å². The van der Waals surface area contributed by atoms with E-state index in [4.69, 9.17) is 5.73 Å². The highest BCUT2D eigenvalue weighted by Gasteiger charge is 2.43. The predicted molar refractivity (Wildman–Crippen MR) is 53.5 cm³/mol. The molecule has 1 rings (SSSR count). The number of nitrogens with zero attached hydrogens (tertiary/aromatic N) is 1. The van der Waals surface area contributed by atoms with Crippen molar-refractivity contribution < 1.29 is 13.2 Å². The fourth-order valence-electron chi connectivity index (χ4n) is 2.05. The zero-order valence-electron chi connectivity index (χ0n) is 9.06. The lowest BCUT2D eigenvalue weighted by molar-refractivity contribution is -0.188. The Morgan fingerprint density at radius 1 is 1.33 bits per heavy atom. The molecular formula is C10H19F3N2. The summed E-state index contributed by atoms with van der Waals surface area (Å²) < 4.78 is 38.1. The lowest BCUT2D eigenvalue weighted by Crippen LogP contribution is -2.49. The molecule has 1 aliphatic rings. The number of rotatable bonds is 3. The second-order valence-corrected chi connectivity index (χ2v) is 4.35. The largest absolute Gasteiger partial charge is 0.404 e. The van der Waals surface area contributed by atoms with E-state index < -0.39 is 12.2 Å². The van der Waals surface area contributed by atoms with E-state index >= 15 is 0 Å². The van der Waals surface area contributed by atoms with Gasteiger partial charge in [-0.1, -0.05) is 6.92 Å². The first-order chi connectivity index (χ1) is 6.95. The number of alkyl halides is 3. The summed E-state index contributed by atoms with van der Waals surface area (Å²) in [6, 6.07) is -1.34. The lowest BCUT2D eigenvalue weighted by atomic mass is 9.97. The van der Waals surface area contributed by atoms with Gasteiger partial charge in [0.25, 0.3) is 0 Å². The van der Waals surface area contributed by atoms with E-state index in [1.54, 1.807) is 0 Å². The summed E-state index contributed by atoms with van der Waals surface area (Å²) in [6.45, 7) is 3.27. The molecule has 0 radical (unpaired) electrons. The maximum absolute atomic E-state index is 12.7. The summed E-state index contributed by atoms with van der Waals surface area (Å²) in [5, 5.41) is 0. The molecule has 0 saturated carbocycles. The Balaban J connectivity index is 2.56. The molecule has 1 saturated heterocycles. The van der Waals surface area contributed by atoms with Crippen molar-refractivity contribution >= 4 is 0 Å². The zero-order chi connectivity index (χ0) is 11.5. The molecule has 15 heavy (non-hydrogen) atoms. The van der Waals surface area contributed by atoms with Crippen LogP contribution >= 0.6 is 0 Å². The highest BCUT2D eigenvalue weighted by atomic mass is 19.4. The van der Waals surface area contributed by atoms with Gasteiger partial charge in [0, 0.05) is 0 Å². The van der Waals surface area contributed by atoms with Gasteiger partial charge in [0.05, 0.1) is 0 Å². The number of piperidine rings is 1. The number of halogens is 3. The van der Waals surface area contributed by atoms with E-state index in [0.717, 1.165) is 12.8 Å². The van der Waals surface area contributed by atoms with E-state index in [-0.39, 0.29) is 13.0 Å². The van der Waals surface area contributed by atoms with Crippen molar-refractivity contribution in [2.24, 2.45) is 11.7 Å². The molecule has 1 aliphatic heterocycles. The zero-order valence-corrected chi connectivity index (χ0v) is 9.06. The Morgan fingerprint density at radius 3 is 2.27 bits per heavy atom. The molecule has 1 atom stereocenters. The summed E-state index contributed by atoms with van der Waals surface area (Å²) in [7, 11) is 0. The van der Waals surface area contributed by atoms with Crippen LogP contribution in [0.1, 0.15) is 26.2 Å².